The maximum absolute atomic E-state index is 12.9. The highest BCUT2D eigenvalue weighted by Gasteiger charge is 2.43. The van der Waals surface area contributed by atoms with Crippen molar-refractivity contribution in [1.82, 2.24) is 14.1 Å². The Labute approximate surface area is 166 Å². The molecule has 2 heterocycles. The summed E-state index contributed by atoms with van der Waals surface area (Å²) in [7, 11) is -2.04. The van der Waals surface area contributed by atoms with Gasteiger partial charge in [0.2, 0.25) is 21.8 Å². The fourth-order valence-electron chi connectivity index (χ4n) is 3.65. The Morgan fingerprint density at radius 2 is 1.75 bits per heavy atom. The number of ether oxygens (including phenoxy) is 1. The number of hydrogen-bond acceptors (Lipinski definition) is 6. The van der Waals surface area contributed by atoms with Crippen LogP contribution in [0.5, 0.6) is 0 Å². The lowest BCUT2D eigenvalue weighted by molar-refractivity contribution is -0.140. The normalized spacial score (nSPS) is 22.2. The summed E-state index contributed by atoms with van der Waals surface area (Å²) in [5, 5.41) is 0. The third-order valence-corrected chi connectivity index (χ3v) is 7.46. The Bertz CT molecular complexity index is 862. The van der Waals surface area contributed by atoms with Crippen LogP contribution < -0.4 is 0 Å². The number of benzene rings is 1. The van der Waals surface area contributed by atoms with Crippen molar-refractivity contribution in [3.05, 3.63) is 29.3 Å². The third kappa shape index (κ3) is 3.98. The molecule has 2 amide bonds. The Balaban J connectivity index is 1.65. The summed E-state index contributed by atoms with van der Waals surface area (Å²) in [6, 6.07) is 4.65. The molecule has 2 saturated heterocycles. The van der Waals surface area contributed by atoms with Gasteiger partial charge in [0.05, 0.1) is 30.5 Å². The molecule has 28 heavy (non-hydrogen) atoms. The summed E-state index contributed by atoms with van der Waals surface area (Å²) in [5.41, 5.74) is 1.98. The lowest BCUT2D eigenvalue weighted by Crippen LogP contribution is -2.53. The number of rotatable bonds is 6. The average Bonchev–Trinajstić information content (AvgIpc) is 2.96. The molecule has 0 N–H and O–H groups in total. The molecule has 0 spiro atoms. The van der Waals surface area contributed by atoms with E-state index in [1.54, 1.807) is 12.1 Å². The molecule has 9 heteroatoms. The molecular formula is C19H27N3O5S. The van der Waals surface area contributed by atoms with E-state index < -0.39 is 16.1 Å². The van der Waals surface area contributed by atoms with Crippen LogP contribution in [0.15, 0.2) is 23.1 Å². The molecule has 1 aromatic carbocycles. The molecule has 1 atom stereocenters. The number of likely N-dealkylation sites (tertiary alicyclic amines) is 1. The molecule has 2 aliphatic heterocycles. The van der Waals surface area contributed by atoms with Gasteiger partial charge in [-0.1, -0.05) is 6.07 Å². The minimum atomic E-state index is -3.57. The smallest absolute Gasteiger partial charge is 0.247 e. The van der Waals surface area contributed by atoms with Crippen LogP contribution in [0.3, 0.4) is 0 Å². The van der Waals surface area contributed by atoms with Crippen molar-refractivity contribution in [1.29, 1.82) is 0 Å². The number of piperazine rings is 1. The van der Waals surface area contributed by atoms with E-state index in [1.807, 2.05) is 24.8 Å². The van der Waals surface area contributed by atoms with Crippen molar-refractivity contribution in [2.24, 2.45) is 0 Å². The number of carbonyl (C=O) groups is 2. The van der Waals surface area contributed by atoms with Gasteiger partial charge in [0, 0.05) is 33.3 Å². The Morgan fingerprint density at radius 3 is 2.36 bits per heavy atom. The zero-order valence-electron chi connectivity index (χ0n) is 16.6. The number of nitrogens with zero attached hydrogens (tertiary/aromatic N) is 3. The number of imide groups is 1. The largest absolute Gasteiger partial charge is 0.383 e. The van der Waals surface area contributed by atoms with Crippen LogP contribution in [0.25, 0.3) is 0 Å². The van der Waals surface area contributed by atoms with E-state index >= 15 is 0 Å². The van der Waals surface area contributed by atoms with Gasteiger partial charge in [0.15, 0.2) is 0 Å². The zero-order chi connectivity index (χ0) is 20.5. The van der Waals surface area contributed by atoms with Crippen LogP contribution >= 0.6 is 0 Å². The van der Waals surface area contributed by atoms with Crippen LogP contribution in [0.2, 0.25) is 0 Å². The molecule has 2 fully saturated rings. The molecule has 8 nitrogen and oxygen atoms in total. The van der Waals surface area contributed by atoms with Crippen molar-refractivity contribution >= 4 is 21.8 Å². The highest BCUT2D eigenvalue weighted by Crippen LogP contribution is 2.24. The SMILES string of the molecule is COCCN1C(=O)CC(N2CCN(S(=O)(=O)c3ccc(C)c(C)c3)CC2)C1=O. The van der Waals surface area contributed by atoms with E-state index in [9.17, 15) is 18.0 Å². The van der Waals surface area contributed by atoms with Crippen molar-refractivity contribution < 1.29 is 22.7 Å². The van der Waals surface area contributed by atoms with Crippen LogP contribution in [0.1, 0.15) is 17.5 Å². The van der Waals surface area contributed by atoms with E-state index in [-0.39, 0.29) is 24.8 Å². The molecule has 0 aromatic heterocycles. The Morgan fingerprint density at radius 1 is 1.07 bits per heavy atom. The first-order valence-electron chi connectivity index (χ1n) is 9.40. The van der Waals surface area contributed by atoms with Crippen molar-refractivity contribution in [2.45, 2.75) is 31.2 Å². The molecule has 154 valence electrons. The highest BCUT2D eigenvalue weighted by atomic mass is 32.2. The first-order valence-corrected chi connectivity index (χ1v) is 10.8. The second-order valence-electron chi connectivity index (χ2n) is 7.28. The van der Waals surface area contributed by atoms with Gasteiger partial charge < -0.3 is 4.74 Å². The molecule has 1 unspecified atom stereocenters. The fraction of sp³-hybridized carbons (Fsp3) is 0.579. The Hall–Kier alpha value is -1.81. The van der Waals surface area contributed by atoms with Gasteiger partial charge in [-0.05, 0) is 37.1 Å². The first-order chi connectivity index (χ1) is 13.3. The van der Waals surface area contributed by atoms with Gasteiger partial charge in [-0.25, -0.2) is 8.42 Å². The summed E-state index contributed by atoms with van der Waals surface area (Å²) in [5.74, 6) is -0.412. The second-order valence-corrected chi connectivity index (χ2v) is 9.22. The molecule has 1 aromatic rings. The fourth-order valence-corrected chi connectivity index (χ4v) is 5.16. The third-order valence-electron chi connectivity index (χ3n) is 5.57. The number of methoxy groups -OCH3 is 1. The summed E-state index contributed by atoms with van der Waals surface area (Å²) in [6.45, 7) is 5.84. The van der Waals surface area contributed by atoms with Gasteiger partial charge in [-0.15, -0.1) is 0 Å². The number of hydrogen-bond donors (Lipinski definition) is 0. The number of carbonyl (C=O) groups excluding carboxylic acids is 2. The number of sulfonamides is 1. The van der Waals surface area contributed by atoms with Crippen LogP contribution in [0.4, 0.5) is 0 Å². The average molecular weight is 410 g/mol. The predicted octanol–water partition coefficient (Wildman–Crippen LogP) is 0.384. The van der Waals surface area contributed by atoms with E-state index in [0.717, 1.165) is 11.1 Å². The maximum atomic E-state index is 12.9. The molecule has 0 bridgehead atoms. The van der Waals surface area contributed by atoms with Gasteiger partial charge in [-0.3, -0.25) is 19.4 Å². The topological polar surface area (TPSA) is 87.2 Å². The van der Waals surface area contributed by atoms with Gasteiger partial charge in [0.1, 0.15) is 0 Å². The summed E-state index contributed by atoms with van der Waals surface area (Å²) in [4.78, 5) is 28.1. The van der Waals surface area contributed by atoms with E-state index in [2.05, 4.69) is 0 Å². The van der Waals surface area contributed by atoms with E-state index in [1.165, 1.54) is 16.3 Å². The summed E-state index contributed by atoms with van der Waals surface area (Å²) < 4.78 is 32.3. The van der Waals surface area contributed by atoms with Crippen LogP contribution in [0, 0.1) is 13.8 Å². The lowest BCUT2D eigenvalue weighted by atomic mass is 10.1. The quantitative estimate of drug-likeness (QED) is 0.632. The standard InChI is InChI=1S/C19H27N3O5S/c1-14-4-5-16(12-15(14)2)28(25,26)21-8-6-20(7-9-21)17-13-18(23)22(19(17)24)10-11-27-3/h4-5,12,17H,6-11,13H2,1-3H3. The minimum Gasteiger partial charge on any atom is -0.383 e. The highest BCUT2D eigenvalue weighted by molar-refractivity contribution is 7.89. The molecule has 0 aliphatic carbocycles. The number of amides is 2. The van der Waals surface area contributed by atoms with E-state index in [4.69, 9.17) is 4.74 Å². The molecule has 3 rings (SSSR count). The van der Waals surface area contributed by atoms with Gasteiger partial charge in [0.25, 0.3) is 0 Å². The molecule has 2 aliphatic rings. The summed E-state index contributed by atoms with van der Waals surface area (Å²) in [6.07, 6.45) is 0.145. The zero-order valence-corrected chi connectivity index (χ0v) is 17.4. The number of aryl methyl sites for hydroxylation is 2. The van der Waals surface area contributed by atoms with Crippen LogP contribution in [-0.4, -0.2) is 86.8 Å². The Kier molecular flexibility index (Phi) is 6.18. The molecule has 0 radical (unpaired) electrons. The minimum absolute atomic E-state index is 0.145. The van der Waals surface area contributed by atoms with Crippen LogP contribution in [-0.2, 0) is 24.3 Å². The molecule has 0 saturated carbocycles. The van der Waals surface area contributed by atoms with Crippen molar-refractivity contribution in [2.75, 3.05) is 46.4 Å². The lowest BCUT2D eigenvalue weighted by Gasteiger charge is -2.36. The van der Waals surface area contributed by atoms with Gasteiger partial charge in [-0.2, -0.15) is 4.31 Å². The first kappa shape index (κ1) is 20.9. The van der Waals surface area contributed by atoms with Gasteiger partial charge >= 0.3 is 0 Å². The maximum Gasteiger partial charge on any atom is 0.247 e. The van der Waals surface area contributed by atoms with Crippen molar-refractivity contribution in [3.8, 4) is 0 Å². The van der Waals surface area contributed by atoms with Crippen molar-refractivity contribution in [3.63, 3.8) is 0 Å². The molecular weight excluding hydrogens is 382 g/mol. The summed E-state index contributed by atoms with van der Waals surface area (Å²) >= 11 is 0. The predicted molar refractivity (Wildman–Crippen MR) is 103 cm³/mol. The second kappa shape index (κ2) is 8.28. The van der Waals surface area contributed by atoms with E-state index in [0.29, 0.717) is 37.7 Å². The monoisotopic (exact) mass is 409 g/mol.